The minimum absolute atomic E-state index is 0.0602. The van der Waals surface area contributed by atoms with Gasteiger partial charge in [0.15, 0.2) is 11.4 Å². The Balaban J connectivity index is 2.86. The Labute approximate surface area is 62.1 Å². The van der Waals surface area contributed by atoms with Gasteiger partial charge in [-0.15, -0.1) is 0 Å². The van der Waals surface area contributed by atoms with Crippen molar-refractivity contribution in [2.45, 2.75) is 0 Å². The van der Waals surface area contributed by atoms with Crippen molar-refractivity contribution in [2.75, 3.05) is 5.73 Å². The molecule has 11 heavy (non-hydrogen) atoms. The van der Waals surface area contributed by atoms with Gasteiger partial charge in [-0.1, -0.05) is 0 Å². The predicted octanol–water partition coefficient (Wildman–Crippen LogP) is 0.0171. The van der Waals surface area contributed by atoms with Gasteiger partial charge < -0.3 is 10.8 Å². The Hall–Kier alpha value is -1.78. The summed E-state index contributed by atoms with van der Waals surface area (Å²) in [4.78, 5) is 3.87. The van der Waals surface area contributed by atoms with Gasteiger partial charge in [0.05, 0.1) is 24.3 Å². The maximum atomic E-state index is 9.12. The number of nitrogens with two attached hydrogens (primary N) is 1. The fourth-order valence-electron chi connectivity index (χ4n) is 0.877. The van der Waals surface area contributed by atoms with E-state index in [1.807, 2.05) is 0 Å². The summed E-state index contributed by atoms with van der Waals surface area (Å²) >= 11 is 0. The van der Waals surface area contributed by atoms with Gasteiger partial charge in [-0.25, -0.2) is 9.50 Å². The molecule has 0 atom stereocenters. The van der Waals surface area contributed by atoms with Crippen LogP contribution in [0.4, 0.5) is 5.69 Å². The van der Waals surface area contributed by atoms with E-state index in [0.717, 1.165) is 0 Å². The van der Waals surface area contributed by atoms with Crippen molar-refractivity contribution in [3.05, 3.63) is 18.6 Å². The lowest BCUT2D eigenvalue weighted by atomic mass is 10.5. The second-order valence-corrected chi connectivity index (χ2v) is 2.19. The van der Waals surface area contributed by atoms with Crippen LogP contribution in [0.1, 0.15) is 0 Å². The topological polar surface area (TPSA) is 76.4 Å². The third-order valence-corrected chi connectivity index (χ3v) is 1.36. The zero-order valence-corrected chi connectivity index (χ0v) is 5.60. The number of anilines is 1. The van der Waals surface area contributed by atoms with Gasteiger partial charge in [0.25, 0.3) is 0 Å². The molecule has 0 fully saturated rings. The minimum atomic E-state index is 0.0602. The van der Waals surface area contributed by atoms with E-state index in [1.54, 1.807) is 6.20 Å². The van der Waals surface area contributed by atoms with Gasteiger partial charge >= 0.3 is 0 Å². The second-order valence-electron chi connectivity index (χ2n) is 2.19. The van der Waals surface area contributed by atoms with Crippen LogP contribution in [-0.4, -0.2) is 19.7 Å². The first-order chi connectivity index (χ1) is 5.27. The quantitative estimate of drug-likeness (QED) is 0.555. The van der Waals surface area contributed by atoms with Crippen LogP contribution in [0.3, 0.4) is 0 Å². The molecule has 0 amide bonds. The van der Waals surface area contributed by atoms with Gasteiger partial charge in [-0.2, -0.15) is 5.10 Å². The molecular formula is C6H6N4O. The summed E-state index contributed by atoms with van der Waals surface area (Å²) in [6.07, 6.45) is 4.38. The van der Waals surface area contributed by atoms with Crippen molar-refractivity contribution in [3.63, 3.8) is 0 Å². The van der Waals surface area contributed by atoms with E-state index in [4.69, 9.17) is 10.8 Å². The van der Waals surface area contributed by atoms with Gasteiger partial charge in [0, 0.05) is 0 Å². The first kappa shape index (κ1) is 5.96. The summed E-state index contributed by atoms with van der Waals surface area (Å²) in [5.74, 6) is 0.0602. The predicted molar refractivity (Wildman–Crippen MR) is 39.1 cm³/mol. The highest BCUT2D eigenvalue weighted by Crippen LogP contribution is 2.14. The summed E-state index contributed by atoms with van der Waals surface area (Å²) in [6, 6.07) is 0. The molecule has 5 heteroatoms. The number of fused-ring (bicyclic) bond motifs is 1. The van der Waals surface area contributed by atoms with Crippen molar-refractivity contribution in [1.29, 1.82) is 0 Å². The molecule has 0 unspecified atom stereocenters. The molecule has 0 aliphatic rings. The highest BCUT2D eigenvalue weighted by atomic mass is 16.3. The van der Waals surface area contributed by atoms with Crippen LogP contribution in [0.15, 0.2) is 18.6 Å². The molecule has 3 N–H and O–H groups in total. The smallest absolute Gasteiger partial charge is 0.197 e. The summed E-state index contributed by atoms with van der Waals surface area (Å²) in [5.41, 5.74) is 6.36. The molecule has 0 bridgehead atoms. The molecule has 2 rings (SSSR count). The first-order valence-corrected chi connectivity index (χ1v) is 3.05. The van der Waals surface area contributed by atoms with E-state index >= 15 is 0 Å². The lowest BCUT2D eigenvalue weighted by Crippen LogP contribution is -1.93. The Morgan fingerprint density at radius 2 is 2.27 bits per heavy atom. The number of hydrogen-bond acceptors (Lipinski definition) is 4. The molecule has 0 radical (unpaired) electrons. The third-order valence-electron chi connectivity index (χ3n) is 1.36. The van der Waals surface area contributed by atoms with Gasteiger partial charge in [-0.05, 0) is 0 Å². The second kappa shape index (κ2) is 1.85. The molecule has 0 aromatic carbocycles. The highest BCUT2D eigenvalue weighted by molar-refractivity contribution is 5.53. The Morgan fingerprint density at radius 1 is 1.45 bits per heavy atom. The number of aromatic hydroxyl groups is 1. The number of nitrogens with zero attached hydrogens (tertiary/aromatic N) is 3. The normalized spacial score (nSPS) is 10.5. The number of rotatable bonds is 0. The van der Waals surface area contributed by atoms with Crippen LogP contribution in [0, 0.1) is 0 Å². The Bertz CT molecular complexity index is 394. The van der Waals surface area contributed by atoms with Gasteiger partial charge in [-0.3, -0.25) is 0 Å². The van der Waals surface area contributed by atoms with Crippen LogP contribution in [0.25, 0.3) is 5.65 Å². The lowest BCUT2D eigenvalue weighted by molar-refractivity contribution is 0.480. The van der Waals surface area contributed by atoms with Crippen molar-refractivity contribution in [1.82, 2.24) is 14.6 Å². The molecule has 0 aliphatic heterocycles. The van der Waals surface area contributed by atoms with Crippen LogP contribution in [0.5, 0.6) is 5.75 Å². The minimum Gasteiger partial charge on any atom is -0.503 e. The standard InChI is InChI=1S/C6H6N4O/c7-4-1-8-6-5(11)2-9-10(6)3-4/h1-3,11H,7H2. The van der Waals surface area contributed by atoms with Crippen LogP contribution in [-0.2, 0) is 0 Å². The molecule has 2 aromatic rings. The summed E-state index contributed by atoms with van der Waals surface area (Å²) in [7, 11) is 0. The molecule has 2 heterocycles. The largest absolute Gasteiger partial charge is 0.503 e. The zero-order valence-electron chi connectivity index (χ0n) is 5.60. The summed E-state index contributed by atoms with van der Waals surface area (Å²) < 4.78 is 1.42. The van der Waals surface area contributed by atoms with Crippen LogP contribution >= 0.6 is 0 Å². The molecule has 0 saturated heterocycles. The average Bonchev–Trinajstić information content (AvgIpc) is 2.32. The lowest BCUT2D eigenvalue weighted by Gasteiger charge is -1.93. The summed E-state index contributed by atoms with van der Waals surface area (Å²) in [5, 5.41) is 12.9. The zero-order chi connectivity index (χ0) is 7.84. The highest BCUT2D eigenvalue weighted by Gasteiger charge is 2.01. The fraction of sp³-hybridized carbons (Fsp3) is 0. The number of hydrogen-bond donors (Lipinski definition) is 2. The fourth-order valence-corrected chi connectivity index (χ4v) is 0.877. The van der Waals surface area contributed by atoms with E-state index in [9.17, 15) is 0 Å². The molecule has 0 spiro atoms. The van der Waals surface area contributed by atoms with Crippen LogP contribution < -0.4 is 5.73 Å². The van der Waals surface area contributed by atoms with Crippen LogP contribution in [0.2, 0.25) is 0 Å². The van der Waals surface area contributed by atoms with Gasteiger partial charge in [0.2, 0.25) is 0 Å². The molecule has 0 saturated carbocycles. The van der Waals surface area contributed by atoms with E-state index < -0.39 is 0 Å². The van der Waals surface area contributed by atoms with Gasteiger partial charge in [0.1, 0.15) is 0 Å². The monoisotopic (exact) mass is 150 g/mol. The molecule has 5 nitrogen and oxygen atoms in total. The SMILES string of the molecule is Nc1cnc2c(O)cnn2c1. The number of nitrogen functional groups attached to an aromatic ring is 1. The Morgan fingerprint density at radius 3 is 3.09 bits per heavy atom. The van der Waals surface area contributed by atoms with E-state index in [-0.39, 0.29) is 5.75 Å². The van der Waals surface area contributed by atoms with Crippen molar-refractivity contribution >= 4 is 11.3 Å². The van der Waals surface area contributed by atoms with Crippen molar-refractivity contribution in [2.24, 2.45) is 0 Å². The Kier molecular flexibility index (Phi) is 1.00. The number of aromatic nitrogens is 3. The molecule has 2 aromatic heterocycles. The van der Waals surface area contributed by atoms with Crippen molar-refractivity contribution in [3.8, 4) is 5.75 Å². The van der Waals surface area contributed by atoms with Crippen molar-refractivity contribution < 1.29 is 5.11 Å². The van der Waals surface area contributed by atoms with E-state index in [0.29, 0.717) is 11.3 Å². The first-order valence-electron chi connectivity index (χ1n) is 3.05. The molecule has 0 aliphatic carbocycles. The van der Waals surface area contributed by atoms with E-state index in [1.165, 1.54) is 16.9 Å². The molecular weight excluding hydrogens is 144 g/mol. The maximum absolute atomic E-state index is 9.12. The van der Waals surface area contributed by atoms with E-state index in [2.05, 4.69) is 10.1 Å². The third kappa shape index (κ3) is 0.778. The average molecular weight is 150 g/mol. The summed E-state index contributed by atoms with van der Waals surface area (Å²) in [6.45, 7) is 0. The maximum Gasteiger partial charge on any atom is 0.197 e. The molecule has 56 valence electrons.